The van der Waals surface area contributed by atoms with Crippen LogP contribution in [0.1, 0.15) is 19.4 Å². The van der Waals surface area contributed by atoms with E-state index in [2.05, 4.69) is 20.8 Å². The van der Waals surface area contributed by atoms with Crippen LogP contribution in [0.15, 0.2) is 36.4 Å². The molecular weight excluding hydrogens is 372 g/mol. The maximum Gasteiger partial charge on any atom is 0.230 e. The molecule has 1 aliphatic heterocycles. The Bertz CT molecular complexity index is 1070. The highest BCUT2D eigenvalue weighted by Gasteiger charge is 2.15. The number of nitrogens with one attached hydrogen (secondary N) is 3. The van der Waals surface area contributed by atoms with Gasteiger partial charge in [-0.15, -0.1) is 0 Å². The molecule has 0 saturated carbocycles. The van der Waals surface area contributed by atoms with E-state index in [4.69, 9.17) is 9.47 Å². The number of hydrogen-bond donors (Lipinski definition) is 3. The molecule has 2 aromatic carbocycles. The highest BCUT2D eigenvalue weighted by molar-refractivity contribution is 6.02. The van der Waals surface area contributed by atoms with Crippen LogP contribution in [0.3, 0.4) is 0 Å². The quantitative estimate of drug-likeness (QED) is 0.617. The Balaban J connectivity index is 1.48. The lowest BCUT2D eigenvalue weighted by atomic mass is 10.1. The summed E-state index contributed by atoms with van der Waals surface area (Å²) in [6, 6.07) is 10.9. The third kappa shape index (κ3) is 4.16. The molecule has 0 fully saturated rings. The number of carbonyl (C=O) groups is 2. The van der Waals surface area contributed by atoms with E-state index in [1.807, 2.05) is 38.1 Å². The second-order valence-electron chi connectivity index (χ2n) is 7.18. The number of ether oxygens (including phenoxy) is 2. The normalized spacial score (nSPS) is 12.8. The first-order valence-corrected chi connectivity index (χ1v) is 9.47. The molecular formula is C21H22N4O4. The zero-order valence-corrected chi connectivity index (χ0v) is 16.2. The van der Waals surface area contributed by atoms with Crippen molar-refractivity contribution < 1.29 is 19.1 Å². The molecule has 2 heterocycles. The van der Waals surface area contributed by atoms with Crippen LogP contribution in [0.4, 0.5) is 11.5 Å². The lowest BCUT2D eigenvalue weighted by Gasteiger charge is -2.18. The average molecular weight is 394 g/mol. The largest absolute Gasteiger partial charge is 0.486 e. The summed E-state index contributed by atoms with van der Waals surface area (Å²) >= 11 is 0. The summed E-state index contributed by atoms with van der Waals surface area (Å²) in [5.74, 6) is 1.36. The summed E-state index contributed by atoms with van der Waals surface area (Å²) in [6.45, 7) is 4.68. The van der Waals surface area contributed by atoms with Gasteiger partial charge >= 0.3 is 0 Å². The smallest absolute Gasteiger partial charge is 0.230 e. The SMILES string of the molecule is CC(C)C(=O)Nc1ccc2[nH]nc(NC(=O)Cc3ccc4c(c3)OCCO4)c2c1. The number of anilines is 2. The van der Waals surface area contributed by atoms with E-state index in [0.717, 1.165) is 16.5 Å². The van der Waals surface area contributed by atoms with Crippen LogP contribution in [-0.2, 0) is 16.0 Å². The fourth-order valence-corrected chi connectivity index (χ4v) is 3.03. The number of H-pyrrole nitrogens is 1. The number of aromatic nitrogens is 2. The first-order valence-electron chi connectivity index (χ1n) is 9.47. The van der Waals surface area contributed by atoms with Crippen LogP contribution in [0.25, 0.3) is 10.9 Å². The van der Waals surface area contributed by atoms with Gasteiger partial charge in [-0.2, -0.15) is 5.10 Å². The fraction of sp³-hybridized carbons (Fsp3) is 0.286. The van der Waals surface area contributed by atoms with E-state index in [9.17, 15) is 9.59 Å². The molecule has 8 heteroatoms. The van der Waals surface area contributed by atoms with Gasteiger partial charge in [-0.25, -0.2) is 0 Å². The zero-order chi connectivity index (χ0) is 20.4. The molecule has 0 aliphatic carbocycles. The summed E-state index contributed by atoms with van der Waals surface area (Å²) < 4.78 is 11.1. The van der Waals surface area contributed by atoms with Gasteiger partial charge in [-0.1, -0.05) is 19.9 Å². The molecule has 150 valence electrons. The van der Waals surface area contributed by atoms with Gasteiger partial charge < -0.3 is 20.1 Å². The van der Waals surface area contributed by atoms with Crippen LogP contribution >= 0.6 is 0 Å². The van der Waals surface area contributed by atoms with E-state index in [0.29, 0.717) is 36.2 Å². The molecule has 3 aromatic rings. The van der Waals surface area contributed by atoms with E-state index < -0.39 is 0 Å². The van der Waals surface area contributed by atoms with E-state index in [1.165, 1.54) is 0 Å². The summed E-state index contributed by atoms with van der Waals surface area (Å²) in [5, 5.41) is 13.5. The van der Waals surface area contributed by atoms with Gasteiger partial charge in [0.05, 0.1) is 11.9 Å². The molecule has 1 aliphatic rings. The molecule has 0 atom stereocenters. The average Bonchev–Trinajstić information content (AvgIpc) is 3.09. The van der Waals surface area contributed by atoms with Crippen molar-refractivity contribution in [2.75, 3.05) is 23.8 Å². The van der Waals surface area contributed by atoms with E-state index >= 15 is 0 Å². The Kier molecular flexibility index (Phi) is 5.07. The number of amides is 2. The lowest BCUT2D eigenvalue weighted by Crippen LogP contribution is -2.18. The minimum Gasteiger partial charge on any atom is -0.486 e. The molecule has 0 unspecified atom stereocenters. The molecule has 4 rings (SSSR count). The number of rotatable bonds is 5. The van der Waals surface area contributed by atoms with Gasteiger partial charge in [0.2, 0.25) is 11.8 Å². The van der Waals surface area contributed by atoms with Crippen LogP contribution in [-0.4, -0.2) is 35.2 Å². The van der Waals surface area contributed by atoms with Gasteiger partial charge in [-0.05, 0) is 35.9 Å². The number of hydrogen-bond acceptors (Lipinski definition) is 5. The minimum absolute atomic E-state index is 0.0722. The van der Waals surface area contributed by atoms with Crippen LogP contribution in [0.5, 0.6) is 11.5 Å². The Morgan fingerprint density at radius 1 is 1.07 bits per heavy atom. The fourth-order valence-electron chi connectivity index (χ4n) is 3.03. The number of nitrogens with zero attached hydrogens (tertiary/aromatic N) is 1. The van der Waals surface area contributed by atoms with Crippen molar-refractivity contribution in [2.45, 2.75) is 20.3 Å². The second kappa shape index (κ2) is 7.83. The monoisotopic (exact) mass is 394 g/mol. The first kappa shape index (κ1) is 18.8. The number of fused-ring (bicyclic) bond motifs is 2. The molecule has 2 amide bonds. The van der Waals surface area contributed by atoms with Crippen molar-refractivity contribution in [1.29, 1.82) is 0 Å². The predicted molar refractivity (Wildman–Crippen MR) is 109 cm³/mol. The molecule has 0 bridgehead atoms. The zero-order valence-electron chi connectivity index (χ0n) is 16.2. The lowest BCUT2D eigenvalue weighted by molar-refractivity contribution is -0.119. The maximum atomic E-state index is 12.5. The highest BCUT2D eigenvalue weighted by Crippen LogP contribution is 2.31. The summed E-state index contributed by atoms with van der Waals surface area (Å²) in [6.07, 6.45) is 0.175. The maximum absolute atomic E-state index is 12.5. The Labute approximate surface area is 167 Å². The third-order valence-electron chi connectivity index (χ3n) is 4.58. The Morgan fingerprint density at radius 3 is 2.66 bits per heavy atom. The highest BCUT2D eigenvalue weighted by atomic mass is 16.6. The number of benzene rings is 2. The molecule has 0 spiro atoms. The Morgan fingerprint density at radius 2 is 1.86 bits per heavy atom. The van der Waals surface area contributed by atoms with E-state index in [1.54, 1.807) is 12.1 Å². The van der Waals surface area contributed by atoms with Crippen LogP contribution in [0, 0.1) is 5.92 Å². The standard InChI is InChI=1S/C21H22N4O4/c1-12(2)21(27)22-14-4-5-16-15(11-14)20(25-24-16)23-19(26)10-13-3-6-17-18(9-13)29-8-7-28-17/h3-6,9,11-12H,7-8,10H2,1-2H3,(H,22,27)(H2,23,24,25,26). The first-order chi connectivity index (χ1) is 14.0. The Hall–Kier alpha value is -3.55. The van der Waals surface area contributed by atoms with Crippen molar-refractivity contribution in [3.63, 3.8) is 0 Å². The molecule has 29 heavy (non-hydrogen) atoms. The summed E-state index contributed by atoms with van der Waals surface area (Å²) in [4.78, 5) is 24.5. The number of aromatic amines is 1. The molecule has 0 radical (unpaired) electrons. The van der Waals surface area contributed by atoms with Crippen LogP contribution in [0.2, 0.25) is 0 Å². The second-order valence-corrected chi connectivity index (χ2v) is 7.18. The summed E-state index contributed by atoms with van der Waals surface area (Å²) in [5.41, 5.74) is 2.23. The van der Waals surface area contributed by atoms with Crippen LogP contribution < -0.4 is 20.1 Å². The minimum atomic E-state index is -0.202. The number of carbonyl (C=O) groups excluding carboxylic acids is 2. The van der Waals surface area contributed by atoms with Crippen molar-refractivity contribution >= 4 is 34.2 Å². The van der Waals surface area contributed by atoms with Crippen molar-refractivity contribution in [2.24, 2.45) is 5.92 Å². The third-order valence-corrected chi connectivity index (χ3v) is 4.58. The van der Waals surface area contributed by atoms with Gasteiger partial charge in [0, 0.05) is 17.0 Å². The predicted octanol–water partition coefficient (Wildman–Crippen LogP) is 3.11. The topological polar surface area (TPSA) is 105 Å². The molecule has 0 saturated heterocycles. The van der Waals surface area contributed by atoms with Gasteiger partial charge in [0.1, 0.15) is 13.2 Å². The summed E-state index contributed by atoms with van der Waals surface area (Å²) in [7, 11) is 0. The van der Waals surface area contributed by atoms with Gasteiger partial charge in [0.15, 0.2) is 17.3 Å². The van der Waals surface area contributed by atoms with Crippen molar-refractivity contribution in [1.82, 2.24) is 10.2 Å². The van der Waals surface area contributed by atoms with Gasteiger partial charge in [-0.3, -0.25) is 14.7 Å². The van der Waals surface area contributed by atoms with Crippen molar-refractivity contribution in [3.05, 3.63) is 42.0 Å². The molecule has 8 nitrogen and oxygen atoms in total. The van der Waals surface area contributed by atoms with Crippen molar-refractivity contribution in [3.8, 4) is 11.5 Å². The molecule has 1 aromatic heterocycles. The van der Waals surface area contributed by atoms with Gasteiger partial charge in [0.25, 0.3) is 0 Å². The molecule has 3 N–H and O–H groups in total. The van der Waals surface area contributed by atoms with E-state index in [-0.39, 0.29) is 24.2 Å².